The Bertz CT molecular complexity index is 1050. The first kappa shape index (κ1) is 16.7. The lowest BCUT2D eigenvalue weighted by Gasteiger charge is -2.23. The van der Waals surface area contributed by atoms with Gasteiger partial charge in [0.15, 0.2) is 5.76 Å². The van der Waals surface area contributed by atoms with Gasteiger partial charge < -0.3 is 19.5 Å². The molecule has 0 bridgehead atoms. The zero-order valence-electron chi connectivity index (χ0n) is 14.1. The minimum absolute atomic E-state index is 0.0444. The van der Waals surface area contributed by atoms with Gasteiger partial charge in [-0.05, 0) is 30.9 Å². The zero-order chi connectivity index (χ0) is 18.3. The number of H-pyrrole nitrogens is 1. The van der Waals surface area contributed by atoms with Crippen molar-refractivity contribution >= 4 is 28.4 Å². The van der Waals surface area contributed by atoms with Crippen molar-refractivity contribution in [2.24, 2.45) is 0 Å². The van der Waals surface area contributed by atoms with Gasteiger partial charge in [0.1, 0.15) is 6.26 Å². The van der Waals surface area contributed by atoms with Gasteiger partial charge in [-0.15, -0.1) is 0 Å². The van der Waals surface area contributed by atoms with Crippen LogP contribution in [0.1, 0.15) is 40.7 Å². The van der Waals surface area contributed by atoms with E-state index in [9.17, 15) is 9.59 Å². The van der Waals surface area contributed by atoms with Crippen molar-refractivity contribution < 1.29 is 13.9 Å². The number of hydrogen-bond donors (Lipinski definition) is 2. The molecule has 0 unspecified atom stereocenters. The SMILES string of the molecule is COc1coc(C(=O)N[C@H]2CCCc3c2[nH]c2c(Cl)cccc32)cc1=O. The number of methoxy groups -OCH3 is 1. The van der Waals surface area contributed by atoms with Gasteiger partial charge in [0.25, 0.3) is 5.91 Å². The van der Waals surface area contributed by atoms with E-state index in [1.165, 1.54) is 12.7 Å². The number of halogens is 1. The van der Waals surface area contributed by atoms with Gasteiger partial charge in [0.05, 0.1) is 23.7 Å². The Balaban J connectivity index is 1.65. The van der Waals surface area contributed by atoms with Crippen LogP contribution >= 0.6 is 11.6 Å². The molecule has 134 valence electrons. The minimum atomic E-state index is -0.438. The fourth-order valence-corrected chi connectivity index (χ4v) is 3.71. The molecule has 26 heavy (non-hydrogen) atoms. The van der Waals surface area contributed by atoms with Crippen LogP contribution in [0.2, 0.25) is 5.02 Å². The van der Waals surface area contributed by atoms with Crippen LogP contribution in [0.5, 0.6) is 5.75 Å². The van der Waals surface area contributed by atoms with Crippen molar-refractivity contribution in [2.75, 3.05) is 7.11 Å². The Kier molecular flexibility index (Phi) is 4.20. The molecule has 1 aromatic carbocycles. The summed E-state index contributed by atoms with van der Waals surface area (Å²) in [5, 5.41) is 4.69. The molecule has 4 rings (SSSR count). The highest BCUT2D eigenvalue weighted by Gasteiger charge is 2.27. The maximum Gasteiger partial charge on any atom is 0.287 e. The molecule has 2 heterocycles. The third-order valence-electron chi connectivity index (χ3n) is 4.74. The van der Waals surface area contributed by atoms with Crippen LogP contribution in [0.3, 0.4) is 0 Å². The summed E-state index contributed by atoms with van der Waals surface area (Å²) < 4.78 is 10.1. The Morgan fingerprint density at radius 3 is 3.04 bits per heavy atom. The number of para-hydroxylation sites is 1. The molecule has 3 aromatic rings. The van der Waals surface area contributed by atoms with Crippen molar-refractivity contribution in [1.29, 1.82) is 0 Å². The number of fused-ring (bicyclic) bond motifs is 3. The molecule has 1 aliphatic carbocycles. The third kappa shape index (κ3) is 2.76. The van der Waals surface area contributed by atoms with Gasteiger partial charge in [-0.3, -0.25) is 9.59 Å². The average molecular weight is 373 g/mol. The second-order valence-corrected chi connectivity index (χ2v) is 6.68. The number of aromatic amines is 1. The van der Waals surface area contributed by atoms with Crippen LogP contribution in [0.15, 0.2) is 39.7 Å². The van der Waals surface area contributed by atoms with Gasteiger partial charge in [-0.1, -0.05) is 23.7 Å². The molecular weight excluding hydrogens is 356 g/mol. The van der Waals surface area contributed by atoms with Crippen molar-refractivity contribution in [3.63, 3.8) is 0 Å². The molecule has 1 atom stereocenters. The summed E-state index contributed by atoms with van der Waals surface area (Å²) in [6, 6.07) is 6.74. The van der Waals surface area contributed by atoms with Crippen LogP contribution in [0.4, 0.5) is 0 Å². The second kappa shape index (κ2) is 6.53. The number of aryl methyl sites for hydroxylation is 1. The molecule has 0 radical (unpaired) electrons. The topological polar surface area (TPSA) is 84.3 Å². The fraction of sp³-hybridized carbons (Fsp3) is 0.263. The Labute approximate surface area is 154 Å². The molecule has 0 saturated heterocycles. The highest BCUT2D eigenvalue weighted by atomic mass is 35.5. The van der Waals surface area contributed by atoms with E-state index in [0.29, 0.717) is 5.02 Å². The molecule has 0 fully saturated rings. The Morgan fingerprint density at radius 1 is 1.42 bits per heavy atom. The summed E-state index contributed by atoms with van der Waals surface area (Å²) >= 11 is 6.29. The molecule has 2 N–H and O–H groups in total. The Morgan fingerprint density at radius 2 is 2.27 bits per heavy atom. The second-order valence-electron chi connectivity index (χ2n) is 6.27. The van der Waals surface area contributed by atoms with Crippen molar-refractivity contribution in [1.82, 2.24) is 10.3 Å². The summed E-state index contributed by atoms with van der Waals surface area (Å²) in [7, 11) is 1.37. The molecular formula is C19H17ClN2O4. The van der Waals surface area contributed by atoms with E-state index in [1.54, 1.807) is 0 Å². The highest BCUT2D eigenvalue weighted by Crippen LogP contribution is 2.37. The van der Waals surface area contributed by atoms with Gasteiger partial charge in [0, 0.05) is 17.1 Å². The summed E-state index contributed by atoms with van der Waals surface area (Å²) in [4.78, 5) is 27.7. The molecule has 1 amide bonds. The number of benzene rings is 1. The normalized spacial score (nSPS) is 16.3. The van der Waals surface area contributed by atoms with Crippen LogP contribution < -0.4 is 15.5 Å². The number of ether oxygens (including phenoxy) is 1. The number of aromatic nitrogens is 1. The van der Waals surface area contributed by atoms with Crippen molar-refractivity contribution in [3.8, 4) is 5.75 Å². The number of rotatable bonds is 3. The first-order valence-corrected chi connectivity index (χ1v) is 8.73. The van der Waals surface area contributed by atoms with E-state index >= 15 is 0 Å². The van der Waals surface area contributed by atoms with Gasteiger partial charge >= 0.3 is 0 Å². The minimum Gasteiger partial charge on any atom is -0.490 e. The summed E-state index contributed by atoms with van der Waals surface area (Å²) in [5.41, 5.74) is 2.63. The lowest BCUT2D eigenvalue weighted by atomic mass is 9.91. The maximum atomic E-state index is 12.5. The Hall–Kier alpha value is -2.73. The predicted molar refractivity (Wildman–Crippen MR) is 98.0 cm³/mol. The van der Waals surface area contributed by atoms with E-state index in [2.05, 4.69) is 10.3 Å². The van der Waals surface area contributed by atoms with Crippen molar-refractivity contribution in [3.05, 3.63) is 62.8 Å². The van der Waals surface area contributed by atoms with Crippen molar-refractivity contribution in [2.45, 2.75) is 25.3 Å². The summed E-state index contributed by atoms with van der Waals surface area (Å²) in [5.74, 6) is -0.420. The quantitative estimate of drug-likeness (QED) is 0.735. The largest absolute Gasteiger partial charge is 0.490 e. The molecule has 0 saturated carbocycles. The smallest absolute Gasteiger partial charge is 0.287 e. The lowest BCUT2D eigenvalue weighted by Crippen LogP contribution is -2.31. The zero-order valence-corrected chi connectivity index (χ0v) is 14.9. The number of carbonyl (C=O) groups is 1. The number of hydrogen-bond acceptors (Lipinski definition) is 4. The fourth-order valence-electron chi connectivity index (χ4n) is 3.49. The monoisotopic (exact) mass is 372 g/mol. The maximum absolute atomic E-state index is 12.5. The van der Waals surface area contributed by atoms with Gasteiger partial charge in [-0.25, -0.2) is 0 Å². The summed E-state index contributed by atoms with van der Waals surface area (Å²) in [6.07, 6.45) is 3.82. The molecule has 1 aliphatic rings. The van der Waals surface area contributed by atoms with Gasteiger partial charge in [0.2, 0.25) is 11.2 Å². The van der Waals surface area contributed by atoms with Crippen LogP contribution in [0.25, 0.3) is 10.9 Å². The molecule has 7 heteroatoms. The molecule has 0 aliphatic heterocycles. The van der Waals surface area contributed by atoms with E-state index in [4.69, 9.17) is 20.8 Å². The van der Waals surface area contributed by atoms with Gasteiger partial charge in [-0.2, -0.15) is 0 Å². The van der Waals surface area contributed by atoms with Crippen LogP contribution in [-0.4, -0.2) is 18.0 Å². The van der Waals surface area contributed by atoms with E-state index in [-0.39, 0.29) is 17.6 Å². The molecule has 2 aromatic heterocycles. The average Bonchev–Trinajstić information content (AvgIpc) is 3.03. The third-order valence-corrected chi connectivity index (χ3v) is 5.05. The number of carbonyl (C=O) groups excluding carboxylic acids is 1. The predicted octanol–water partition coefficient (Wildman–Crippen LogP) is 3.59. The van der Waals surface area contributed by atoms with Crippen LogP contribution in [0, 0.1) is 0 Å². The number of amides is 1. The number of nitrogens with one attached hydrogen (secondary N) is 2. The molecule has 0 spiro atoms. The first-order valence-electron chi connectivity index (χ1n) is 8.35. The highest BCUT2D eigenvalue weighted by molar-refractivity contribution is 6.35. The standard InChI is InChI=1S/C19H17ClN2O4/c1-25-16-9-26-15(8-14(16)23)19(24)21-13-7-3-5-11-10-4-2-6-12(20)17(10)22-18(11)13/h2,4,6,8-9,13,22H,3,5,7H2,1H3,(H,21,24)/t13-/m0/s1. The van der Waals surface area contributed by atoms with E-state index in [1.807, 2.05) is 18.2 Å². The van der Waals surface area contributed by atoms with E-state index < -0.39 is 11.3 Å². The first-order chi connectivity index (χ1) is 12.6. The molecule has 6 nitrogen and oxygen atoms in total. The van der Waals surface area contributed by atoms with E-state index in [0.717, 1.165) is 48.2 Å². The van der Waals surface area contributed by atoms with Crippen LogP contribution in [-0.2, 0) is 6.42 Å². The lowest BCUT2D eigenvalue weighted by molar-refractivity contribution is 0.0900. The summed E-state index contributed by atoms with van der Waals surface area (Å²) in [6.45, 7) is 0.